The van der Waals surface area contributed by atoms with Gasteiger partial charge < -0.3 is 5.73 Å². The second-order valence-corrected chi connectivity index (χ2v) is 7.08. The SMILES string of the molecule is N=Cn1cc(-c2ccc3nnc(Sc4ccc5ncc(N)cc5c4)n3n2)cn1. The highest BCUT2D eigenvalue weighted by molar-refractivity contribution is 7.99. The number of aromatic nitrogens is 7. The van der Waals surface area contributed by atoms with E-state index in [1.54, 1.807) is 23.1 Å². The van der Waals surface area contributed by atoms with Gasteiger partial charge in [-0.1, -0.05) is 0 Å². The molecule has 0 atom stereocenters. The van der Waals surface area contributed by atoms with Crippen molar-refractivity contribution in [1.29, 1.82) is 5.41 Å². The lowest BCUT2D eigenvalue weighted by Gasteiger charge is -2.04. The van der Waals surface area contributed by atoms with Gasteiger partial charge in [-0.3, -0.25) is 10.4 Å². The lowest BCUT2D eigenvalue weighted by Crippen LogP contribution is -1.96. The van der Waals surface area contributed by atoms with E-state index in [4.69, 9.17) is 11.1 Å². The van der Waals surface area contributed by atoms with Gasteiger partial charge in [0.15, 0.2) is 5.65 Å². The minimum absolute atomic E-state index is 0.624. The van der Waals surface area contributed by atoms with Crippen molar-refractivity contribution < 1.29 is 0 Å². The van der Waals surface area contributed by atoms with Gasteiger partial charge in [-0.2, -0.15) is 14.7 Å². The van der Waals surface area contributed by atoms with Gasteiger partial charge in [-0.05, 0) is 48.2 Å². The molecule has 0 spiro atoms. The molecule has 3 N–H and O–H groups in total. The molecule has 0 fully saturated rings. The fraction of sp³-hybridized carbons (Fsp3) is 0. The molecule has 28 heavy (non-hydrogen) atoms. The Morgan fingerprint density at radius 1 is 1.07 bits per heavy atom. The van der Waals surface area contributed by atoms with Gasteiger partial charge >= 0.3 is 0 Å². The van der Waals surface area contributed by atoms with Crippen molar-refractivity contribution in [2.45, 2.75) is 10.1 Å². The minimum atomic E-state index is 0.624. The average molecular weight is 387 g/mol. The topological polar surface area (TPSA) is 124 Å². The number of hydrogen-bond acceptors (Lipinski definition) is 8. The first-order valence-electron chi connectivity index (χ1n) is 8.30. The summed E-state index contributed by atoms with van der Waals surface area (Å²) in [6.45, 7) is 0. The summed E-state index contributed by atoms with van der Waals surface area (Å²) in [7, 11) is 0. The van der Waals surface area contributed by atoms with Crippen LogP contribution in [-0.2, 0) is 0 Å². The highest BCUT2D eigenvalue weighted by Gasteiger charge is 2.12. The Kier molecular flexibility index (Phi) is 3.76. The van der Waals surface area contributed by atoms with Gasteiger partial charge in [0.25, 0.3) is 0 Å². The monoisotopic (exact) mass is 387 g/mol. The Morgan fingerprint density at radius 3 is 2.86 bits per heavy atom. The molecule has 0 aliphatic carbocycles. The molecule has 0 radical (unpaired) electrons. The van der Waals surface area contributed by atoms with E-state index in [1.807, 2.05) is 36.4 Å². The number of nitrogen functional groups attached to an aromatic ring is 1. The van der Waals surface area contributed by atoms with Gasteiger partial charge in [0.05, 0.1) is 29.3 Å². The van der Waals surface area contributed by atoms with Crippen molar-refractivity contribution in [3.05, 3.63) is 55.0 Å². The van der Waals surface area contributed by atoms with Gasteiger partial charge in [0.2, 0.25) is 5.16 Å². The number of anilines is 1. The van der Waals surface area contributed by atoms with Crippen molar-refractivity contribution >= 4 is 40.3 Å². The first kappa shape index (κ1) is 16.4. The molecule has 0 saturated carbocycles. The molecule has 9 nitrogen and oxygen atoms in total. The molecule has 0 aliphatic heterocycles. The number of fused-ring (bicyclic) bond motifs is 2. The van der Waals surface area contributed by atoms with Crippen molar-refractivity contribution in [1.82, 2.24) is 34.6 Å². The van der Waals surface area contributed by atoms with E-state index in [1.165, 1.54) is 16.4 Å². The highest BCUT2D eigenvalue weighted by Crippen LogP contribution is 2.29. The predicted molar refractivity (Wildman–Crippen MR) is 106 cm³/mol. The number of nitrogens with one attached hydrogen (secondary N) is 1. The molecule has 4 aromatic heterocycles. The Morgan fingerprint density at radius 2 is 2.00 bits per heavy atom. The van der Waals surface area contributed by atoms with E-state index in [0.717, 1.165) is 33.4 Å². The van der Waals surface area contributed by atoms with Gasteiger partial charge in [0.1, 0.15) is 6.34 Å². The standard InChI is InChI=1S/C18H13N9S/c19-10-26-9-12(7-22-26)16-3-4-17-23-24-18(27(17)25-16)28-14-1-2-15-11(6-14)5-13(20)8-21-15/h1-10,19H,20H2. The quantitative estimate of drug-likeness (QED) is 0.359. The highest BCUT2D eigenvalue weighted by atomic mass is 32.2. The van der Waals surface area contributed by atoms with E-state index < -0.39 is 0 Å². The number of hydrogen-bond donors (Lipinski definition) is 2. The van der Waals surface area contributed by atoms with Crippen molar-refractivity contribution in [2.24, 2.45) is 0 Å². The van der Waals surface area contributed by atoms with Gasteiger partial charge in [-0.15, -0.1) is 10.2 Å². The molecule has 10 heteroatoms. The predicted octanol–water partition coefficient (Wildman–Crippen LogP) is 2.72. The Bertz CT molecular complexity index is 1340. The Hall–Kier alpha value is -3.79. The third kappa shape index (κ3) is 2.85. The van der Waals surface area contributed by atoms with E-state index >= 15 is 0 Å². The molecule has 0 unspecified atom stereocenters. The van der Waals surface area contributed by atoms with Crippen LogP contribution in [0.5, 0.6) is 0 Å². The van der Waals surface area contributed by atoms with Crippen LogP contribution >= 0.6 is 11.8 Å². The van der Waals surface area contributed by atoms with Crippen LogP contribution in [0.4, 0.5) is 5.69 Å². The number of pyridine rings is 1. The summed E-state index contributed by atoms with van der Waals surface area (Å²) in [5, 5.41) is 26.0. The second-order valence-electron chi connectivity index (χ2n) is 6.03. The maximum atomic E-state index is 7.27. The van der Waals surface area contributed by atoms with E-state index in [-0.39, 0.29) is 0 Å². The summed E-state index contributed by atoms with van der Waals surface area (Å²) in [6, 6.07) is 11.6. The zero-order valence-electron chi connectivity index (χ0n) is 14.4. The first-order valence-corrected chi connectivity index (χ1v) is 9.12. The second kappa shape index (κ2) is 6.43. The smallest absolute Gasteiger partial charge is 0.217 e. The van der Waals surface area contributed by atoms with Gasteiger partial charge in [-0.25, -0.2) is 4.68 Å². The van der Waals surface area contributed by atoms with Crippen molar-refractivity contribution in [2.75, 3.05) is 5.73 Å². The number of nitrogens with zero attached hydrogens (tertiary/aromatic N) is 7. The van der Waals surface area contributed by atoms with Crippen LogP contribution in [0.1, 0.15) is 0 Å². The molecule has 4 heterocycles. The van der Waals surface area contributed by atoms with Crippen LogP contribution in [0.2, 0.25) is 0 Å². The molecule has 0 aliphatic rings. The summed E-state index contributed by atoms with van der Waals surface area (Å²) >= 11 is 1.46. The zero-order chi connectivity index (χ0) is 19.1. The van der Waals surface area contributed by atoms with Crippen LogP contribution in [0.15, 0.2) is 65.0 Å². The molecule has 0 bridgehead atoms. The number of benzene rings is 1. The van der Waals surface area contributed by atoms with Crippen molar-refractivity contribution in [3.8, 4) is 11.3 Å². The van der Waals surface area contributed by atoms with Crippen molar-refractivity contribution in [3.63, 3.8) is 0 Å². The van der Waals surface area contributed by atoms with Gasteiger partial charge in [0, 0.05) is 22.0 Å². The average Bonchev–Trinajstić information content (AvgIpc) is 3.34. The fourth-order valence-electron chi connectivity index (χ4n) is 2.82. The normalized spacial score (nSPS) is 11.3. The largest absolute Gasteiger partial charge is 0.397 e. The van der Waals surface area contributed by atoms with Crippen LogP contribution in [-0.4, -0.2) is 40.9 Å². The first-order chi connectivity index (χ1) is 13.7. The van der Waals surface area contributed by atoms with Crippen LogP contribution in [0.25, 0.3) is 27.8 Å². The number of rotatable bonds is 4. The molecule has 0 amide bonds. The van der Waals surface area contributed by atoms with E-state index in [2.05, 4.69) is 25.4 Å². The lowest BCUT2D eigenvalue weighted by molar-refractivity contribution is 0.813. The number of nitrogens with two attached hydrogens (primary N) is 1. The fourth-order valence-corrected chi connectivity index (χ4v) is 3.66. The maximum absolute atomic E-state index is 7.27. The van der Waals surface area contributed by atoms with E-state index in [9.17, 15) is 0 Å². The van der Waals surface area contributed by atoms with Crippen LogP contribution in [0.3, 0.4) is 0 Å². The van der Waals surface area contributed by atoms with Crippen LogP contribution < -0.4 is 5.73 Å². The third-order valence-corrected chi connectivity index (χ3v) is 5.07. The summed E-state index contributed by atoms with van der Waals surface area (Å²) < 4.78 is 3.11. The minimum Gasteiger partial charge on any atom is -0.397 e. The zero-order valence-corrected chi connectivity index (χ0v) is 15.2. The lowest BCUT2D eigenvalue weighted by atomic mass is 10.2. The molecule has 1 aromatic carbocycles. The van der Waals surface area contributed by atoms with Crippen LogP contribution in [0, 0.1) is 5.41 Å². The molecule has 0 saturated heterocycles. The van der Waals surface area contributed by atoms with E-state index in [0.29, 0.717) is 16.5 Å². The summed E-state index contributed by atoms with van der Waals surface area (Å²) in [4.78, 5) is 5.30. The molecule has 5 aromatic rings. The third-order valence-electron chi connectivity index (χ3n) is 4.15. The molecule has 136 valence electrons. The summed E-state index contributed by atoms with van der Waals surface area (Å²) in [5.74, 6) is 0. The maximum Gasteiger partial charge on any atom is 0.217 e. The summed E-state index contributed by atoms with van der Waals surface area (Å²) in [5.41, 5.74) is 9.53. The molecular formula is C18H13N9S. The summed E-state index contributed by atoms with van der Waals surface area (Å²) in [6.07, 6.45) is 6.17. The molecule has 5 rings (SSSR count). The molecular weight excluding hydrogens is 374 g/mol. The Labute approximate surface area is 162 Å². The Balaban J connectivity index is 1.53.